The molecule has 0 spiro atoms. The fourth-order valence-corrected chi connectivity index (χ4v) is 2.66. The number of aliphatic imine (C=N–C) groups is 1. The Morgan fingerprint density at radius 1 is 1.21 bits per heavy atom. The predicted octanol–water partition coefficient (Wildman–Crippen LogP) is 2.71. The van der Waals surface area contributed by atoms with Crippen LogP contribution < -0.4 is 10.6 Å². The highest BCUT2D eigenvalue weighted by molar-refractivity contribution is 14.0. The van der Waals surface area contributed by atoms with Crippen molar-refractivity contribution in [1.82, 2.24) is 15.5 Å². The molecule has 160 valence electrons. The highest BCUT2D eigenvalue weighted by Crippen LogP contribution is 2.20. The van der Waals surface area contributed by atoms with Crippen molar-refractivity contribution in [3.05, 3.63) is 60.1 Å². The molecule has 1 aromatic carbocycles. The average molecular weight is 514 g/mol. The number of furan rings is 1. The molecule has 7 nitrogen and oxygen atoms in total. The number of nitrogens with one attached hydrogen (secondary N) is 2. The van der Waals surface area contributed by atoms with Crippen molar-refractivity contribution in [2.45, 2.75) is 32.4 Å². The van der Waals surface area contributed by atoms with E-state index in [-0.39, 0.29) is 36.4 Å². The summed E-state index contributed by atoms with van der Waals surface area (Å²) in [6, 6.07) is 13.3. The second-order valence-corrected chi connectivity index (χ2v) is 6.86. The molecule has 2 rings (SSSR count). The van der Waals surface area contributed by atoms with Crippen LogP contribution in [0.25, 0.3) is 0 Å². The number of guanidine groups is 1. The summed E-state index contributed by atoms with van der Waals surface area (Å²) < 4.78 is 5.27. The summed E-state index contributed by atoms with van der Waals surface area (Å²) in [5, 5.41) is 16.8. The molecule has 29 heavy (non-hydrogen) atoms. The van der Waals surface area contributed by atoms with Crippen LogP contribution in [0.3, 0.4) is 0 Å². The molecule has 1 heterocycles. The summed E-state index contributed by atoms with van der Waals surface area (Å²) in [6.07, 6.45) is 1.87. The van der Waals surface area contributed by atoms with Gasteiger partial charge in [0, 0.05) is 33.1 Å². The van der Waals surface area contributed by atoms with Crippen LogP contribution in [-0.2, 0) is 16.9 Å². The maximum Gasteiger partial charge on any atom is 0.224 e. The van der Waals surface area contributed by atoms with E-state index in [0.29, 0.717) is 37.8 Å². The zero-order chi connectivity index (χ0) is 20.4. The van der Waals surface area contributed by atoms with Crippen molar-refractivity contribution in [3.8, 4) is 0 Å². The number of hydrogen-bond acceptors (Lipinski definition) is 4. The molecule has 0 saturated heterocycles. The first-order valence-electron chi connectivity index (χ1n) is 9.49. The minimum atomic E-state index is -1.20. The molecule has 0 aliphatic rings. The summed E-state index contributed by atoms with van der Waals surface area (Å²) >= 11 is 0. The third kappa shape index (κ3) is 8.45. The standard InChI is InChI=1S/C21H30N4O3.HI/c1-4-22-20(24-16-21(2,27)18-11-8-14-28-18)23-13-12-19(26)25(3)15-17-9-6-5-7-10-17;/h5-11,14,27H,4,12-13,15-16H2,1-3H3,(H2,22,23,24);1H. The molecule has 0 saturated carbocycles. The molecule has 0 radical (unpaired) electrons. The summed E-state index contributed by atoms with van der Waals surface area (Å²) in [5.41, 5.74) is -0.0984. The molecule has 1 unspecified atom stereocenters. The van der Waals surface area contributed by atoms with Crippen molar-refractivity contribution < 1.29 is 14.3 Å². The molecule has 0 aliphatic heterocycles. The molecule has 1 aromatic heterocycles. The van der Waals surface area contributed by atoms with Gasteiger partial charge in [0.05, 0.1) is 12.8 Å². The number of nitrogens with zero attached hydrogens (tertiary/aromatic N) is 2. The van der Waals surface area contributed by atoms with Gasteiger partial charge >= 0.3 is 0 Å². The lowest BCUT2D eigenvalue weighted by molar-refractivity contribution is -0.130. The van der Waals surface area contributed by atoms with Crippen LogP contribution in [0.2, 0.25) is 0 Å². The highest BCUT2D eigenvalue weighted by Gasteiger charge is 2.26. The summed E-state index contributed by atoms with van der Waals surface area (Å²) in [4.78, 5) is 18.5. The third-order valence-electron chi connectivity index (χ3n) is 4.26. The zero-order valence-electron chi connectivity index (χ0n) is 17.2. The van der Waals surface area contributed by atoms with Crippen molar-refractivity contribution >= 4 is 35.8 Å². The quantitative estimate of drug-likeness (QED) is 0.272. The first-order chi connectivity index (χ1) is 13.4. The van der Waals surface area contributed by atoms with Crippen molar-refractivity contribution in [3.63, 3.8) is 0 Å². The number of aliphatic hydroxyl groups is 1. The monoisotopic (exact) mass is 514 g/mol. The Bertz CT molecular complexity index is 749. The molecule has 0 aliphatic carbocycles. The van der Waals surface area contributed by atoms with Gasteiger partial charge in [-0.25, -0.2) is 4.99 Å². The van der Waals surface area contributed by atoms with Crippen LogP contribution in [0.4, 0.5) is 0 Å². The van der Waals surface area contributed by atoms with Crippen LogP contribution in [0.1, 0.15) is 31.6 Å². The number of halogens is 1. The average Bonchev–Trinajstić information content (AvgIpc) is 3.22. The van der Waals surface area contributed by atoms with E-state index in [1.807, 2.05) is 37.3 Å². The lowest BCUT2D eigenvalue weighted by Gasteiger charge is -2.20. The minimum absolute atomic E-state index is 0. The molecule has 8 heteroatoms. The fraction of sp³-hybridized carbons (Fsp3) is 0.429. The Hall–Kier alpha value is -2.07. The van der Waals surface area contributed by atoms with Crippen LogP contribution in [0.15, 0.2) is 58.1 Å². The topological polar surface area (TPSA) is 90.1 Å². The largest absolute Gasteiger partial charge is 0.466 e. The van der Waals surface area contributed by atoms with Crippen LogP contribution in [0.5, 0.6) is 0 Å². The maximum atomic E-state index is 12.3. The van der Waals surface area contributed by atoms with Gasteiger partial charge in [0.25, 0.3) is 0 Å². The summed E-state index contributed by atoms with van der Waals surface area (Å²) in [7, 11) is 1.80. The Morgan fingerprint density at radius 3 is 2.55 bits per heavy atom. The molecule has 1 amide bonds. The van der Waals surface area contributed by atoms with Gasteiger partial charge in [-0.15, -0.1) is 24.0 Å². The molecular formula is C21H31IN4O3. The number of carbonyl (C=O) groups is 1. The Balaban J connectivity index is 0.00000420. The molecule has 2 aromatic rings. The van der Waals surface area contributed by atoms with Crippen LogP contribution in [0, 0.1) is 0 Å². The lowest BCUT2D eigenvalue weighted by Crippen LogP contribution is -2.40. The van der Waals surface area contributed by atoms with Gasteiger partial charge in [0.15, 0.2) is 5.96 Å². The Morgan fingerprint density at radius 2 is 1.93 bits per heavy atom. The zero-order valence-corrected chi connectivity index (χ0v) is 19.6. The number of carbonyl (C=O) groups excluding carboxylic acids is 1. The molecule has 3 N–H and O–H groups in total. The van der Waals surface area contributed by atoms with E-state index in [2.05, 4.69) is 15.6 Å². The fourth-order valence-electron chi connectivity index (χ4n) is 2.66. The summed E-state index contributed by atoms with van der Waals surface area (Å²) in [6.45, 7) is 5.46. The minimum Gasteiger partial charge on any atom is -0.466 e. The van der Waals surface area contributed by atoms with E-state index in [9.17, 15) is 9.90 Å². The maximum absolute atomic E-state index is 12.3. The highest BCUT2D eigenvalue weighted by atomic mass is 127. The molecule has 0 fully saturated rings. The van der Waals surface area contributed by atoms with Gasteiger partial charge in [0.2, 0.25) is 5.91 Å². The number of amides is 1. The SMILES string of the molecule is CCNC(=NCC(C)(O)c1ccco1)NCCC(=O)N(C)Cc1ccccc1.I. The van der Waals surface area contributed by atoms with E-state index in [0.717, 1.165) is 5.56 Å². The Labute approximate surface area is 189 Å². The summed E-state index contributed by atoms with van der Waals surface area (Å²) in [5.74, 6) is 1.06. The van der Waals surface area contributed by atoms with Crippen LogP contribution in [-0.4, -0.2) is 48.6 Å². The van der Waals surface area contributed by atoms with Crippen molar-refractivity contribution in [2.75, 3.05) is 26.7 Å². The van der Waals surface area contributed by atoms with E-state index in [4.69, 9.17) is 4.42 Å². The second-order valence-electron chi connectivity index (χ2n) is 6.86. The van der Waals surface area contributed by atoms with E-state index < -0.39 is 5.60 Å². The molecule has 0 bridgehead atoms. The molecular weight excluding hydrogens is 483 g/mol. The van der Waals surface area contributed by atoms with Gasteiger partial charge in [-0.2, -0.15) is 0 Å². The first-order valence-corrected chi connectivity index (χ1v) is 9.49. The third-order valence-corrected chi connectivity index (χ3v) is 4.26. The van der Waals surface area contributed by atoms with Gasteiger partial charge < -0.3 is 25.1 Å². The van der Waals surface area contributed by atoms with Gasteiger partial charge in [-0.3, -0.25) is 4.79 Å². The van der Waals surface area contributed by atoms with Crippen LogP contribution >= 0.6 is 24.0 Å². The lowest BCUT2D eigenvalue weighted by atomic mass is 10.0. The number of benzene rings is 1. The normalized spacial score (nSPS) is 13.2. The first kappa shape index (κ1) is 25.0. The van der Waals surface area contributed by atoms with Gasteiger partial charge in [0.1, 0.15) is 11.4 Å². The van der Waals surface area contributed by atoms with Crippen molar-refractivity contribution in [1.29, 1.82) is 0 Å². The van der Waals surface area contributed by atoms with E-state index in [1.165, 1.54) is 6.26 Å². The van der Waals surface area contributed by atoms with E-state index in [1.54, 1.807) is 31.0 Å². The second kappa shape index (κ2) is 12.5. The Kier molecular flexibility index (Phi) is 10.7. The van der Waals surface area contributed by atoms with Gasteiger partial charge in [-0.1, -0.05) is 30.3 Å². The predicted molar refractivity (Wildman–Crippen MR) is 125 cm³/mol. The number of rotatable bonds is 9. The van der Waals surface area contributed by atoms with Crippen molar-refractivity contribution in [2.24, 2.45) is 4.99 Å². The van der Waals surface area contributed by atoms with Gasteiger partial charge in [-0.05, 0) is 31.5 Å². The number of hydrogen-bond donors (Lipinski definition) is 3. The molecule has 1 atom stereocenters. The smallest absolute Gasteiger partial charge is 0.224 e. The van der Waals surface area contributed by atoms with E-state index >= 15 is 0 Å².